The lowest BCUT2D eigenvalue weighted by molar-refractivity contribution is -0.117. The maximum atomic E-state index is 11.2. The van der Waals surface area contributed by atoms with Crippen molar-refractivity contribution in [3.8, 4) is 5.75 Å². The van der Waals surface area contributed by atoms with Crippen molar-refractivity contribution in [2.75, 3.05) is 14.2 Å². The van der Waals surface area contributed by atoms with E-state index in [1.807, 2.05) is 19.2 Å². The molecule has 16 heavy (non-hydrogen) atoms. The third-order valence-corrected chi connectivity index (χ3v) is 2.64. The van der Waals surface area contributed by atoms with E-state index in [4.69, 9.17) is 16.3 Å². The summed E-state index contributed by atoms with van der Waals surface area (Å²) >= 11 is 5.94. The second kappa shape index (κ2) is 5.87. The maximum absolute atomic E-state index is 11.2. The van der Waals surface area contributed by atoms with Crippen molar-refractivity contribution in [3.63, 3.8) is 0 Å². The molecule has 1 aromatic rings. The second-order valence-corrected chi connectivity index (χ2v) is 4.07. The summed E-state index contributed by atoms with van der Waals surface area (Å²) in [6.45, 7) is 1.57. The van der Waals surface area contributed by atoms with E-state index >= 15 is 0 Å². The lowest BCUT2D eigenvalue weighted by Crippen LogP contribution is -2.19. The largest absolute Gasteiger partial charge is 0.496 e. The van der Waals surface area contributed by atoms with Gasteiger partial charge in [-0.3, -0.25) is 4.79 Å². The molecule has 0 heterocycles. The molecule has 0 aliphatic carbocycles. The lowest BCUT2D eigenvalue weighted by Gasteiger charge is -2.18. The molecule has 3 nitrogen and oxygen atoms in total. The van der Waals surface area contributed by atoms with Gasteiger partial charge in [-0.2, -0.15) is 0 Å². The first kappa shape index (κ1) is 13.0. The molecule has 1 atom stereocenters. The third kappa shape index (κ3) is 3.22. The standard InChI is InChI=1S/C12H16ClNO2/c1-8(15)6-11(14-2)10-7-9(13)4-5-12(10)16-3/h4-5,7,11,14H,6H2,1-3H3. The third-order valence-electron chi connectivity index (χ3n) is 2.41. The van der Waals surface area contributed by atoms with Gasteiger partial charge in [-0.15, -0.1) is 0 Å². The summed E-state index contributed by atoms with van der Waals surface area (Å²) in [6.07, 6.45) is 0.424. The number of halogens is 1. The molecule has 1 unspecified atom stereocenters. The second-order valence-electron chi connectivity index (χ2n) is 3.63. The normalized spacial score (nSPS) is 12.2. The van der Waals surface area contributed by atoms with Crippen molar-refractivity contribution in [1.82, 2.24) is 5.32 Å². The number of rotatable bonds is 5. The Bertz CT molecular complexity index is 379. The van der Waals surface area contributed by atoms with Gasteiger partial charge in [-0.05, 0) is 32.2 Å². The van der Waals surface area contributed by atoms with E-state index in [1.54, 1.807) is 20.1 Å². The molecule has 0 amide bonds. The van der Waals surface area contributed by atoms with E-state index in [2.05, 4.69) is 5.32 Å². The zero-order chi connectivity index (χ0) is 12.1. The molecule has 0 bridgehead atoms. The summed E-state index contributed by atoms with van der Waals surface area (Å²) in [5, 5.41) is 3.73. The Labute approximate surface area is 101 Å². The Morgan fingerprint density at radius 3 is 2.75 bits per heavy atom. The molecule has 1 rings (SSSR count). The van der Waals surface area contributed by atoms with Crippen molar-refractivity contribution >= 4 is 17.4 Å². The zero-order valence-corrected chi connectivity index (χ0v) is 10.5. The van der Waals surface area contributed by atoms with Gasteiger partial charge in [0.2, 0.25) is 0 Å². The molecule has 0 radical (unpaired) electrons. The van der Waals surface area contributed by atoms with Gasteiger partial charge in [0, 0.05) is 23.0 Å². The number of carbonyl (C=O) groups is 1. The minimum absolute atomic E-state index is 0.0638. The van der Waals surface area contributed by atoms with Crippen LogP contribution in [0.4, 0.5) is 0 Å². The maximum Gasteiger partial charge on any atom is 0.131 e. The quantitative estimate of drug-likeness (QED) is 0.861. The van der Waals surface area contributed by atoms with Gasteiger partial charge in [0.15, 0.2) is 0 Å². The minimum Gasteiger partial charge on any atom is -0.496 e. The van der Waals surface area contributed by atoms with E-state index < -0.39 is 0 Å². The molecule has 0 saturated heterocycles. The fourth-order valence-electron chi connectivity index (χ4n) is 1.63. The van der Waals surface area contributed by atoms with Gasteiger partial charge in [0.1, 0.15) is 11.5 Å². The van der Waals surface area contributed by atoms with E-state index in [-0.39, 0.29) is 11.8 Å². The number of hydrogen-bond donors (Lipinski definition) is 1. The van der Waals surface area contributed by atoms with Crippen LogP contribution >= 0.6 is 11.6 Å². The topological polar surface area (TPSA) is 38.3 Å². The van der Waals surface area contributed by atoms with Crippen molar-refractivity contribution in [2.24, 2.45) is 0 Å². The van der Waals surface area contributed by atoms with Crippen LogP contribution in [0.3, 0.4) is 0 Å². The smallest absolute Gasteiger partial charge is 0.131 e. The first-order valence-electron chi connectivity index (χ1n) is 5.08. The van der Waals surface area contributed by atoms with Crippen LogP contribution in [0.1, 0.15) is 24.9 Å². The summed E-state index contributed by atoms with van der Waals surface area (Å²) in [5.74, 6) is 0.867. The van der Waals surface area contributed by atoms with Crippen molar-refractivity contribution in [3.05, 3.63) is 28.8 Å². The monoisotopic (exact) mass is 241 g/mol. The van der Waals surface area contributed by atoms with Crippen LogP contribution in [0.2, 0.25) is 5.02 Å². The van der Waals surface area contributed by atoms with Crippen LogP contribution < -0.4 is 10.1 Å². The molecule has 1 aromatic carbocycles. The fourth-order valence-corrected chi connectivity index (χ4v) is 1.81. The Kier molecular flexibility index (Phi) is 4.77. The summed E-state index contributed by atoms with van der Waals surface area (Å²) in [4.78, 5) is 11.2. The Hall–Kier alpha value is -1.06. The number of ether oxygens (including phenoxy) is 1. The number of benzene rings is 1. The van der Waals surface area contributed by atoms with Crippen LogP contribution in [-0.4, -0.2) is 19.9 Å². The molecule has 0 saturated carbocycles. The fraction of sp³-hybridized carbons (Fsp3) is 0.417. The molecule has 88 valence electrons. The molecule has 4 heteroatoms. The molecular weight excluding hydrogens is 226 g/mol. The predicted molar refractivity (Wildman–Crippen MR) is 65.1 cm³/mol. The Balaban J connectivity index is 3.06. The minimum atomic E-state index is -0.0638. The summed E-state index contributed by atoms with van der Waals surface area (Å²) in [7, 11) is 3.42. The highest BCUT2D eigenvalue weighted by Gasteiger charge is 2.16. The molecule has 0 aliphatic rings. The number of methoxy groups -OCH3 is 1. The van der Waals surface area contributed by atoms with Crippen LogP contribution in [0.15, 0.2) is 18.2 Å². The first-order valence-corrected chi connectivity index (χ1v) is 5.46. The Morgan fingerprint density at radius 2 is 2.25 bits per heavy atom. The average molecular weight is 242 g/mol. The van der Waals surface area contributed by atoms with E-state index in [9.17, 15) is 4.79 Å². The zero-order valence-electron chi connectivity index (χ0n) is 9.71. The highest BCUT2D eigenvalue weighted by atomic mass is 35.5. The predicted octanol–water partition coefficient (Wildman–Crippen LogP) is 2.59. The highest BCUT2D eigenvalue weighted by Crippen LogP contribution is 2.29. The van der Waals surface area contributed by atoms with E-state index in [0.717, 1.165) is 11.3 Å². The average Bonchev–Trinajstić information content (AvgIpc) is 2.25. The number of ketones is 1. The van der Waals surface area contributed by atoms with Gasteiger partial charge in [0.05, 0.1) is 7.11 Å². The van der Waals surface area contributed by atoms with Gasteiger partial charge in [-0.25, -0.2) is 0 Å². The van der Waals surface area contributed by atoms with E-state index in [1.165, 1.54) is 0 Å². The molecule has 0 fully saturated rings. The van der Waals surface area contributed by atoms with Crippen molar-refractivity contribution in [1.29, 1.82) is 0 Å². The van der Waals surface area contributed by atoms with Gasteiger partial charge in [0.25, 0.3) is 0 Å². The number of Topliss-reactive ketones (excluding diaryl/α,β-unsaturated/α-hetero) is 1. The first-order chi connectivity index (χ1) is 7.58. The van der Waals surface area contributed by atoms with Gasteiger partial charge < -0.3 is 10.1 Å². The molecular formula is C12H16ClNO2. The Morgan fingerprint density at radius 1 is 1.56 bits per heavy atom. The van der Waals surface area contributed by atoms with Crippen LogP contribution in [-0.2, 0) is 4.79 Å². The van der Waals surface area contributed by atoms with Crippen LogP contribution in [0.25, 0.3) is 0 Å². The van der Waals surface area contributed by atoms with E-state index in [0.29, 0.717) is 11.4 Å². The van der Waals surface area contributed by atoms with Gasteiger partial charge >= 0.3 is 0 Å². The van der Waals surface area contributed by atoms with Crippen LogP contribution in [0.5, 0.6) is 5.75 Å². The van der Waals surface area contributed by atoms with Crippen molar-refractivity contribution in [2.45, 2.75) is 19.4 Å². The lowest BCUT2D eigenvalue weighted by atomic mass is 10.0. The number of nitrogens with one attached hydrogen (secondary N) is 1. The SMILES string of the molecule is CNC(CC(C)=O)c1cc(Cl)ccc1OC. The van der Waals surface area contributed by atoms with Crippen LogP contribution in [0, 0.1) is 0 Å². The van der Waals surface area contributed by atoms with Gasteiger partial charge in [-0.1, -0.05) is 11.6 Å². The number of hydrogen-bond acceptors (Lipinski definition) is 3. The summed E-state index contributed by atoms with van der Waals surface area (Å²) in [6, 6.07) is 5.34. The summed E-state index contributed by atoms with van der Waals surface area (Å²) in [5.41, 5.74) is 0.910. The van der Waals surface area contributed by atoms with Crippen molar-refractivity contribution < 1.29 is 9.53 Å². The molecule has 0 aromatic heterocycles. The number of carbonyl (C=O) groups excluding carboxylic acids is 1. The highest BCUT2D eigenvalue weighted by molar-refractivity contribution is 6.30. The molecule has 0 aliphatic heterocycles. The molecule has 1 N–H and O–H groups in total. The molecule has 0 spiro atoms. The summed E-state index contributed by atoms with van der Waals surface area (Å²) < 4.78 is 5.25.